The molecule has 0 amide bonds. The van der Waals surface area contributed by atoms with Gasteiger partial charge in [0.2, 0.25) is 0 Å². The maximum Gasteiger partial charge on any atom is 0.309 e. The van der Waals surface area contributed by atoms with Crippen molar-refractivity contribution in [2.45, 2.75) is 179 Å². The molecule has 16 heteroatoms. The summed E-state index contributed by atoms with van der Waals surface area (Å²) in [5, 5.41) is 34.5. The van der Waals surface area contributed by atoms with E-state index in [1.54, 1.807) is 78.8 Å². The molecule has 0 saturated carbocycles. The fraction of sp³-hybridized carbons (Fsp3) is 0.805. The highest BCUT2D eigenvalue weighted by Gasteiger charge is 2.53. The summed E-state index contributed by atoms with van der Waals surface area (Å²) in [6, 6.07) is -0.779. The predicted molar refractivity (Wildman–Crippen MR) is 205 cm³/mol. The number of aliphatic hydroxyl groups excluding tert-OH is 2. The summed E-state index contributed by atoms with van der Waals surface area (Å²) in [5.74, 6) is -2.82. The highest BCUT2D eigenvalue weighted by Crippen LogP contribution is 2.37. The molecule has 2 fully saturated rings. The molecule has 0 bridgehead atoms. The van der Waals surface area contributed by atoms with Gasteiger partial charge in [-0.2, -0.15) is 0 Å². The molecule has 0 unspecified atom stereocenters. The first-order chi connectivity index (χ1) is 26.9. The third-order valence-corrected chi connectivity index (χ3v) is 10.9. The van der Waals surface area contributed by atoms with Gasteiger partial charge < -0.3 is 62.9 Å². The van der Waals surface area contributed by atoms with E-state index in [2.05, 4.69) is 0 Å². The number of aliphatic hydroxyl groups is 3. The quantitative estimate of drug-likeness (QED) is 0.147. The van der Waals surface area contributed by atoms with E-state index in [1.165, 1.54) is 7.11 Å². The summed E-state index contributed by atoms with van der Waals surface area (Å²) >= 11 is 0. The second kappa shape index (κ2) is 22.5. The van der Waals surface area contributed by atoms with Gasteiger partial charge in [-0.05, 0) is 60.0 Å². The van der Waals surface area contributed by atoms with Crippen LogP contribution in [0.25, 0.3) is 0 Å². The molecule has 3 aliphatic heterocycles. The molecule has 0 spiro atoms. The Balaban J connectivity index is 2.01. The molecule has 2 saturated heterocycles. The van der Waals surface area contributed by atoms with Gasteiger partial charge in [-0.25, -0.2) is 0 Å². The number of cyclic esters (lactones) is 1. The lowest BCUT2D eigenvalue weighted by Gasteiger charge is -2.50. The number of rotatable bonds is 12. The second-order valence-electron chi connectivity index (χ2n) is 16.0. The van der Waals surface area contributed by atoms with Gasteiger partial charge in [0, 0.05) is 39.2 Å². The van der Waals surface area contributed by atoms with Crippen molar-refractivity contribution in [1.82, 2.24) is 4.90 Å². The van der Waals surface area contributed by atoms with E-state index >= 15 is 0 Å². The van der Waals surface area contributed by atoms with E-state index in [1.807, 2.05) is 13.0 Å². The maximum atomic E-state index is 13.3. The number of hydrogen-bond acceptors (Lipinski definition) is 16. The molecule has 3 rings (SSSR count). The number of methoxy groups -OCH3 is 1. The number of hydrogen-bond donors (Lipinski definition) is 3. The highest BCUT2D eigenvalue weighted by molar-refractivity contribution is 5.72. The van der Waals surface area contributed by atoms with Crippen LogP contribution in [0.5, 0.6) is 0 Å². The molecule has 3 N–H and O–H groups in total. The average molecular weight is 814 g/mol. The lowest BCUT2D eigenvalue weighted by molar-refractivity contribution is -0.344. The van der Waals surface area contributed by atoms with E-state index in [0.29, 0.717) is 12.7 Å². The predicted octanol–water partition coefficient (Wildman–Crippen LogP) is 2.77. The maximum absolute atomic E-state index is 13.3. The number of esters is 3. The number of nitrogens with zero attached hydrogens (tertiary/aromatic N) is 1. The van der Waals surface area contributed by atoms with Crippen molar-refractivity contribution < 1.29 is 72.4 Å². The summed E-state index contributed by atoms with van der Waals surface area (Å²) in [7, 11) is 4.86. The molecular weight excluding hydrogens is 746 g/mol. The minimum Gasteiger partial charge on any atom is -0.462 e. The van der Waals surface area contributed by atoms with Gasteiger partial charge in [0.25, 0.3) is 0 Å². The van der Waals surface area contributed by atoms with E-state index in [-0.39, 0.29) is 32.1 Å². The fourth-order valence-corrected chi connectivity index (χ4v) is 7.82. The van der Waals surface area contributed by atoms with E-state index in [0.717, 1.165) is 0 Å². The van der Waals surface area contributed by atoms with Crippen molar-refractivity contribution in [2.24, 2.45) is 11.8 Å². The monoisotopic (exact) mass is 813 g/mol. The number of aldehydes is 1. The Morgan fingerprint density at radius 2 is 1.63 bits per heavy atom. The van der Waals surface area contributed by atoms with Crippen LogP contribution < -0.4 is 0 Å². The number of allylic oxidation sites excluding steroid dienone is 2. The van der Waals surface area contributed by atoms with E-state index in [9.17, 15) is 34.5 Å². The van der Waals surface area contributed by atoms with Gasteiger partial charge in [0.1, 0.15) is 42.4 Å². The normalized spacial score (nSPS) is 41.1. The smallest absolute Gasteiger partial charge is 0.309 e. The molecule has 0 aliphatic carbocycles. The van der Waals surface area contributed by atoms with Crippen molar-refractivity contribution in [1.29, 1.82) is 0 Å². The molecule has 16 nitrogen and oxygen atoms in total. The molecular formula is C41H67NO15. The second-order valence-corrected chi connectivity index (χ2v) is 16.0. The Morgan fingerprint density at radius 1 is 0.965 bits per heavy atom. The van der Waals surface area contributed by atoms with Crippen LogP contribution in [0.1, 0.15) is 93.4 Å². The van der Waals surface area contributed by atoms with Crippen molar-refractivity contribution in [3.8, 4) is 0 Å². The Kier molecular flexibility index (Phi) is 19.2. The van der Waals surface area contributed by atoms with Crippen LogP contribution in [0, 0.1) is 11.8 Å². The third kappa shape index (κ3) is 13.6. The molecule has 326 valence electrons. The van der Waals surface area contributed by atoms with E-state index in [4.69, 9.17) is 37.9 Å². The van der Waals surface area contributed by atoms with Crippen LogP contribution in [0.4, 0.5) is 0 Å². The third-order valence-electron chi connectivity index (χ3n) is 10.9. The zero-order valence-electron chi connectivity index (χ0n) is 35.2. The zero-order chi connectivity index (χ0) is 42.6. The average Bonchev–Trinajstić information content (AvgIpc) is 3.13. The summed E-state index contributed by atoms with van der Waals surface area (Å²) in [4.78, 5) is 52.3. The summed E-state index contributed by atoms with van der Waals surface area (Å²) in [6.45, 7) is 11.8. The Bertz CT molecular complexity index is 1350. The first-order valence-corrected chi connectivity index (χ1v) is 20.1. The van der Waals surface area contributed by atoms with Crippen molar-refractivity contribution in [3.05, 3.63) is 24.3 Å². The Labute approximate surface area is 337 Å². The van der Waals surface area contributed by atoms with Crippen LogP contribution in [0.3, 0.4) is 0 Å². The number of likely N-dealkylation sites (N-methyl/N-ethyl adjacent to an activating group) is 1. The number of carbonyl (C=O) groups excluding carboxylic acids is 4. The Hall–Kier alpha value is -2.80. The van der Waals surface area contributed by atoms with Gasteiger partial charge in [-0.1, -0.05) is 45.1 Å². The van der Waals surface area contributed by atoms with Gasteiger partial charge in [0.15, 0.2) is 18.7 Å². The fourth-order valence-electron chi connectivity index (χ4n) is 7.82. The first-order valence-electron chi connectivity index (χ1n) is 20.1. The molecule has 3 aliphatic rings. The minimum absolute atomic E-state index is 0.000633. The van der Waals surface area contributed by atoms with Crippen LogP contribution in [-0.2, 0) is 57.1 Å². The van der Waals surface area contributed by atoms with E-state index < -0.39 is 121 Å². The summed E-state index contributed by atoms with van der Waals surface area (Å²) in [6.07, 6.45) is -4.08. The van der Waals surface area contributed by atoms with Crippen LogP contribution >= 0.6 is 0 Å². The SMILES string of the molecule is CCC(=O)O[C@@H]1CC(=O)O[C@H](C)C/C=C/C=C/[C@H](O)[C@H](C)C[C@@H](CC=O)[C@H](O[C@@H]2O[C@H](C)[C@@H](O[C@H]3C[C@@](C)(O)[C@@H](OC(=O)CC)[C@H](C)O3)[C@H](N(C)C)[C@H]2O)[C@H]1OC. The van der Waals surface area contributed by atoms with Crippen molar-refractivity contribution in [2.75, 3.05) is 21.2 Å². The largest absolute Gasteiger partial charge is 0.462 e. The lowest BCUT2D eigenvalue weighted by Crippen LogP contribution is -2.66. The van der Waals surface area contributed by atoms with Crippen molar-refractivity contribution in [3.63, 3.8) is 0 Å². The summed E-state index contributed by atoms with van der Waals surface area (Å²) in [5.41, 5.74) is -1.49. The van der Waals surface area contributed by atoms with Gasteiger partial charge >= 0.3 is 17.9 Å². The number of ether oxygens (including phenoxy) is 8. The first kappa shape index (κ1) is 48.6. The van der Waals surface area contributed by atoms with Crippen LogP contribution in [-0.4, -0.2) is 151 Å². The molecule has 0 radical (unpaired) electrons. The van der Waals surface area contributed by atoms with Crippen molar-refractivity contribution >= 4 is 24.2 Å². The minimum atomic E-state index is -1.49. The molecule has 0 aromatic carbocycles. The molecule has 16 atom stereocenters. The standard InChI is InChI=1S/C41H67NO15/c1-11-30(45)54-29-21-32(47)51-24(4)16-14-13-15-17-28(44)23(3)20-27(18-19-43)37(38(29)50-10)57-40-35(48)34(42(8)9)36(25(5)53-40)56-33-22-41(7,49)39(26(6)52-33)55-31(46)12-2/h13-15,17,19,23-29,33-40,44,48-49H,11-12,16,18,20-22H2,1-10H3/b14-13+,17-15+/t23-,24-,25-,26+,27-,28+,29-,33+,34-,35-,36-,37+,38+,39+,40+,41-/m1/s1. The van der Waals surface area contributed by atoms with Gasteiger partial charge in [-0.3, -0.25) is 14.4 Å². The molecule has 0 aromatic heterocycles. The summed E-state index contributed by atoms with van der Waals surface area (Å²) < 4.78 is 48.5. The molecule has 3 heterocycles. The van der Waals surface area contributed by atoms with Crippen LogP contribution in [0.2, 0.25) is 0 Å². The highest BCUT2D eigenvalue weighted by atomic mass is 16.7. The van der Waals surface area contributed by atoms with Crippen LogP contribution in [0.15, 0.2) is 24.3 Å². The zero-order valence-corrected chi connectivity index (χ0v) is 35.2. The topological polar surface area (TPSA) is 206 Å². The lowest BCUT2D eigenvalue weighted by atomic mass is 9.82. The molecule has 57 heavy (non-hydrogen) atoms. The van der Waals surface area contributed by atoms with Gasteiger partial charge in [-0.15, -0.1) is 0 Å². The molecule has 0 aromatic rings. The number of carbonyl (C=O) groups is 4. The van der Waals surface area contributed by atoms with Gasteiger partial charge in [0.05, 0.1) is 36.9 Å². The Morgan fingerprint density at radius 3 is 2.23 bits per heavy atom.